The molecule has 0 fully saturated rings. The van der Waals surface area contributed by atoms with Crippen LogP contribution in [0, 0.1) is 11.3 Å². The molecule has 0 radical (unpaired) electrons. The van der Waals surface area contributed by atoms with Gasteiger partial charge in [-0.05, 0) is 30.8 Å². The second kappa shape index (κ2) is 8.16. The van der Waals surface area contributed by atoms with Crippen molar-refractivity contribution in [3.63, 3.8) is 0 Å². The summed E-state index contributed by atoms with van der Waals surface area (Å²) in [5.41, 5.74) is 1.88. The van der Waals surface area contributed by atoms with Gasteiger partial charge in [0, 0.05) is 12.7 Å². The van der Waals surface area contributed by atoms with Crippen LogP contribution in [0.1, 0.15) is 31.0 Å². The third-order valence-electron chi connectivity index (χ3n) is 3.81. The van der Waals surface area contributed by atoms with Crippen LogP contribution >= 0.6 is 0 Å². The molecule has 1 aromatic heterocycles. The second-order valence-electron chi connectivity index (χ2n) is 5.07. The number of benzene rings is 1. The van der Waals surface area contributed by atoms with Gasteiger partial charge in [-0.15, -0.1) is 0 Å². The van der Waals surface area contributed by atoms with E-state index in [1.54, 1.807) is 12.3 Å². The quantitative estimate of drug-likeness (QED) is 0.850. The van der Waals surface area contributed by atoms with E-state index in [0.29, 0.717) is 11.6 Å². The van der Waals surface area contributed by atoms with Gasteiger partial charge < -0.3 is 5.32 Å². The van der Waals surface area contributed by atoms with E-state index in [1.165, 1.54) is 5.56 Å². The summed E-state index contributed by atoms with van der Waals surface area (Å²) in [4.78, 5) is 6.70. The fourth-order valence-electron chi connectivity index (χ4n) is 2.56. The summed E-state index contributed by atoms with van der Waals surface area (Å²) in [7, 11) is 0. The Labute approximate surface area is 132 Å². The summed E-state index contributed by atoms with van der Waals surface area (Å²) in [6.45, 7) is 7.14. The highest BCUT2D eigenvalue weighted by Gasteiger charge is 2.17. The Hall–Kier alpha value is -2.38. The topological polar surface area (TPSA) is 52.0 Å². The van der Waals surface area contributed by atoms with E-state index in [4.69, 9.17) is 5.26 Å². The number of rotatable bonds is 7. The van der Waals surface area contributed by atoms with Crippen molar-refractivity contribution in [3.05, 3.63) is 59.8 Å². The van der Waals surface area contributed by atoms with Crippen molar-refractivity contribution in [2.75, 3.05) is 25.0 Å². The van der Waals surface area contributed by atoms with Crippen LogP contribution in [-0.4, -0.2) is 29.5 Å². The van der Waals surface area contributed by atoms with Crippen LogP contribution in [-0.2, 0) is 0 Å². The molecule has 1 aromatic carbocycles. The predicted molar refractivity (Wildman–Crippen MR) is 89.5 cm³/mol. The van der Waals surface area contributed by atoms with Crippen LogP contribution in [0.2, 0.25) is 0 Å². The Morgan fingerprint density at radius 1 is 1.14 bits per heavy atom. The lowest BCUT2D eigenvalue weighted by Crippen LogP contribution is -2.33. The first-order valence-electron chi connectivity index (χ1n) is 7.67. The first kappa shape index (κ1) is 16.0. The molecule has 1 atom stereocenters. The lowest BCUT2D eigenvalue weighted by Gasteiger charge is -2.30. The van der Waals surface area contributed by atoms with E-state index >= 15 is 0 Å². The number of likely N-dealkylation sites (N-methyl/N-ethyl adjacent to an activating group) is 1. The average molecular weight is 294 g/mol. The maximum atomic E-state index is 8.81. The van der Waals surface area contributed by atoms with Crippen LogP contribution in [0.25, 0.3) is 0 Å². The maximum absolute atomic E-state index is 8.81. The third-order valence-corrected chi connectivity index (χ3v) is 3.81. The summed E-state index contributed by atoms with van der Waals surface area (Å²) in [5, 5.41) is 12.2. The molecule has 2 aromatic rings. The van der Waals surface area contributed by atoms with E-state index in [2.05, 4.69) is 59.4 Å². The molecule has 2 rings (SSSR count). The molecule has 0 aliphatic rings. The number of pyridine rings is 1. The third kappa shape index (κ3) is 4.06. The molecule has 0 amide bonds. The van der Waals surface area contributed by atoms with Crippen molar-refractivity contribution < 1.29 is 0 Å². The van der Waals surface area contributed by atoms with Gasteiger partial charge in [0.25, 0.3) is 0 Å². The molecular formula is C18H22N4. The standard InChI is InChI=1S/C18H22N4/c1-3-22(4-2)17(16-8-6-5-7-9-16)14-21-18-11-10-15(12-19)13-20-18/h5-11,13,17H,3-4,14H2,1-2H3,(H,20,21). The molecule has 0 spiro atoms. The molecule has 0 aliphatic carbocycles. The number of hydrogen-bond acceptors (Lipinski definition) is 4. The lowest BCUT2D eigenvalue weighted by atomic mass is 10.1. The van der Waals surface area contributed by atoms with Gasteiger partial charge in [0.2, 0.25) is 0 Å². The Bertz CT molecular complexity index is 597. The van der Waals surface area contributed by atoms with Gasteiger partial charge in [-0.1, -0.05) is 44.2 Å². The molecule has 4 nitrogen and oxygen atoms in total. The summed E-state index contributed by atoms with van der Waals surface area (Å²) >= 11 is 0. The van der Waals surface area contributed by atoms with Gasteiger partial charge >= 0.3 is 0 Å². The van der Waals surface area contributed by atoms with Crippen molar-refractivity contribution in [3.8, 4) is 6.07 Å². The molecule has 1 unspecified atom stereocenters. The molecule has 1 heterocycles. The molecule has 0 aliphatic heterocycles. The van der Waals surface area contributed by atoms with E-state index in [9.17, 15) is 0 Å². The number of aromatic nitrogens is 1. The zero-order valence-electron chi connectivity index (χ0n) is 13.2. The monoisotopic (exact) mass is 294 g/mol. The molecule has 4 heteroatoms. The van der Waals surface area contributed by atoms with Crippen LogP contribution in [0.15, 0.2) is 48.7 Å². The van der Waals surface area contributed by atoms with E-state index in [0.717, 1.165) is 25.5 Å². The maximum Gasteiger partial charge on any atom is 0.126 e. The Morgan fingerprint density at radius 2 is 1.86 bits per heavy atom. The molecule has 114 valence electrons. The number of hydrogen-bond donors (Lipinski definition) is 1. The molecule has 22 heavy (non-hydrogen) atoms. The summed E-state index contributed by atoms with van der Waals surface area (Å²) in [5.74, 6) is 0.798. The summed E-state index contributed by atoms with van der Waals surface area (Å²) < 4.78 is 0. The highest BCUT2D eigenvalue weighted by Crippen LogP contribution is 2.20. The molecule has 0 bridgehead atoms. The second-order valence-corrected chi connectivity index (χ2v) is 5.07. The largest absolute Gasteiger partial charge is 0.368 e. The van der Waals surface area contributed by atoms with Crippen LogP contribution in [0.4, 0.5) is 5.82 Å². The molecule has 0 saturated heterocycles. The van der Waals surface area contributed by atoms with Gasteiger partial charge in [-0.25, -0.2) is 4.98 Å². The van der Waals surface area contributed by atoms with Gasteiger partial charge in [0.05, 0.1) is 11.6 Å². The van der Waals surface area contributed by atoms with Crippen molar-refractivity contribution in [2.45, 2.75) is 19.9 Å². The predicted octanol–water partition coefficient (Wildman–Crippen LogP) is 3.45. The van der Waals surface area contributed by atoms with Crippen molar-refractivity contribution in [1.29, 1.82) is 5.26 Å². The fourth-order valence-corrected chi connectivity index (χ4v) is 2.56. The first-order chi connectivity index (χ1) is 10.8. The number of nitriles is 1. The van der Waals surface area contributed by atoms with Crippen molar-refractivity contribution in [1.82, 2.24) is 9.88 Å². The molecular weight excluding hydrogens is 272 g/mol. The van der Waals surface area contributed by atoms with Gasteiger partial charge in [0.1, 0.15) is 11.9 Å². The first-order valence-corrected chi connectivity index (χ1v) is 7.67. The van der Waals surface area contributed by atoms with Crippen molar-refractivity contribution in [2.24, 2.45) is 0 Å². The minimum absolute atomic E-state index is 0.300. The van der Waals surface area contributed by atoms with Crippen LogP contribution in [0.5, 0.6) is 0 Å². The Balaban J connectivity index is 2.11. The SMILES string of the molecule is CCN(CC)C(CNc1ccc(C#N)cn1)c1ccccc1. The fraction of sp³-hybridized carbons (Fsp3) is 0.333. The Morgan fingerprint density at radius 3 is 2.41 bits per heavy atom. The Kier molecular flexibility index (Phi) is 5.93. The van der Waals surface area contributed by atoms with Gasteiger partial charge in [0.15, 0.2) is 0 Å². The normalized spacial score (nSPS) is 11.9. The zero-order valence-corrected chi connectivity index (χ0v) is 13.2. The minimum atomic E-state index is 0.300. The zero-order chi connectivity index (χ0) is 15.8. The van der Waals surface area contributed by atoms with Crippen LogP contribution < -0.4 is 5.32 Å². The number of anilines is 1. The highest BCUT2D eigenvalue weighted by molar-refractivity contribution is 5.39. The number of nitrogens with zero attached hydrogens (tertiary/aromatic N) is 3. The average Bonchev–Trinajstić information content (AvgIpc) is 2.60. The highest BCUT2D eigenvalue weighted by atomic mass is 15.2. The van der Waals surface area contributed by atoms with E-state index in [1.807, 2.05) is 12.1 Å². The molecule has 1 N–H and O–H groups in total. The van der Waals surface area contributed by atoms with Crippen LogP contribution in [0.3, 0.4) is 0 Å². The number of nitrogens with one attached hydrogen (secondary N) is 1. The summed E-state index contributed by atoms with van der Waals surface area (Å²) in [6, 6.07) is 16.5. The molecule has 0 saturated carbocycles. The lowest BCUT2D eigenvalue weighted by molar-refractivity contribution is 0.228. The van der Waals surface area contributed by atoms with E-state index in [-0.39, 0.29) is 0 Å². The van der Waals surface area contributed by atoms with Gasteiger partial charge in [-0.2, -0.15) is 5.26 Å². The summed E-state index contributed by atoms with van der Waals surface area (Å²) in [6.07, 6.45) is 1.59. The minimum Gasteiger partial charge on any atom is -0.368 e. The van der Waals surface area contributed by atoms with E-state index < -0.39 is 0 Å². The van der Waals surface area contributed by atoms with Crippen molar-refractivity contribution >= 4 is 5.82 Å². The van der Waals surface area contributed by atoms with Gasteiger partial charge in [-0.3, -0.25) is 4.90 Å². The smallest absolute Gasteiger partial charge is 0.126 e.